The third-order valence-electron chi connectivity index (χ3n) is 3.63. The molecule has 2 atom stereocenters. The molecule has 0 aliphatic carbocycles. The lowest BCUT2D eigenvalue weighted by atomic mass is 10.2. The molecule has 2 N–H and O–H groups in total. The average molecular weight is 252 g/mol. The molecule has 2 fully saturated rings. The minimum atomic E-state index is -0.182. The number of amides is 2. The zero-order valence-electron chi connectivity index (χ0n) is 10.5. The average Bonchev–Trinajstić information content (AvgIpc) is 2.91. The third kappa shape index (κ3) is 2.28. The van der Waals surface area contributed by atoms with Crippen LogP contribution in [0.2, 0.25) is 0 Å². The van der Waals surface area contributed by atoms with Crippen molar-refractivity contribution in [1.29, 1.82) is 0 Å². The zero-order chi connectivity index (χ0) is 13.3. The molecule has 18 heavy (non-hydrogen) atoms. The van der Waals surface area contributed by atoms with Crippen LogP contribution < -0.4 is 0 Å². The Morgan fingerprint density at radius 1 is 1.06 bits per heavy atom. The summed E-state index contributed by atoms with van der Waals surface area (Å²) in [5, 5.41) is 18.6. The lowest BCUT2D eigenvalue weighted by Crippen LogP contribution is -2.49. The quantitative estimate of drug-likeness (QED) is 0.697. The Labute approximate surface area is 107 Å². The van der Waals surface area contributed by atoms with Crippen LogP contribution in [0, 0.1) is 0 Å². The Morgan fingerprint density at radius 3 is 1.78 bits per heavy atom. The summed E-state index contributed by atoms with van der Waals surface area (Å²) in [6, 6.07) is -0.498. The Morgan fingerprint density at radius 2 is 1.44 bits per heavy atom. The number of rotatable bonds is 2. The van der Waals surface area contributed by atoms with E-state index in [2.05, 4.69) is 13.2 Å². The van der Waals surface area contributed by atoms with Gasteiger partial charge >= 0.3 is 6.03 Å². The van der Waals surface area contributed by atoms with Gasteiger partial charge in [-0.05, 0) is 12.8 Å². The fourth-order valence-electron chi connectivity index (χ4n) is 2.69. The number of urea groups is 1. The van der Waals surface area contributed by atoms with Crippen molar-refractivity contribution in [3.8, 4) is 0 Å². The van der Waals surface area contributed by atoms with E-state index in [1.165, 1.54) is 0 Å². The van der Waals surface area contributed by atoms with Gasteiger partial charge in [0.1, 0.15) is 0 Å². The van der Waals surface area contributed by atoms with Gasteiger partial charge < -0.3 is 20.0 Å². The van der Waals surface area contributed by atoms with Crippen LogP contribution in [0.1, 0.15) is 12.8 Å². The van der Waals surface area contributed by atoms with Gasteiger partial charge in [0.15, 0.2) is 0 Å². The van der Waals surface area contributed by atoms with Crippen molar-refractivity contribution >= 4 is 6.03 Å². The molecule has 100 valence electrons. The number of aliphatic hydroxyl groups is 2. The summed E-state index contributed by atoms with van der Waals surface area (Å²) >= 11 is 0. The maximum absolute atomic E-state index is 12.4. The van der Waals surface area contributed by atoms with E-state index in [-0.39, 0.29) is 31.3 Å². The molecule has 2 amide bonds. The Hall–Kier alpha value is -1.33. The van der Waals surface area contributed by atoms with E-state index in [4.69, 9.17) is 0 Å². The van der Waals surface area contributed by atoms with Gasteiger partial charge in [-0.1, -0.05) is 24.3 Å². The summed E-state index contributed by atoms with van der Waals surface area (Å²) < 4.78 is 0. The van der Waals surface area contributed by atoms with Crippen molar-refractivity contribution in [3.63, 3.8) is 0 Å². The highest BCUT2D eigenvalue weighted by atomic mass is 16.3. The summed E-state index contributed by atoms with van der Waals surface area (Å²) in [6.07, 6.45) is 1.31. The first-order chi connectivity index (χ1) is 8.56. The fourth-order valence-corrected chi connectivity index (χ4v) is 2.69. The molecule has 0 radical (unpaired) electrons. The molecule has 0 aromatic carbocycles. The number of nitrogens with zero attached hydrogens (tertiary/aromatic N) is 2. The molecule has 0 unspecified atom stereocenters. The second kappa shape index (κ2) is 5.12. The monoisotopic (exact) mass is 252 g/mol. The van der Waals surface area contributed by atoms with Crippen molar-refractivity contribution in [1.82, 2.24) is 9.80 Å². The van der Waals surface area contributed by atoms with Gasteiger partial charge in [-0.2, -0.15) is 0 Å². The molecule has 0 spiro atoms. The van der Waals surface area contributed by atoms with E-state index in [0.29, 0.717) is 25.9 Å². The molecule has 2 aliphatic rings. The molecule has 2 heterocycles. The van der Waals surface area contributed by atoms with Crippen LogP contribution in [-0.4, -0.2) is 64.4 Å². The molecule has 0 aromatic rings. The highest BCUT2D eigenvalue weighted by Crippen LogP contribution is 2.27. The van der Waals surface area contributed by atoms with Crippen molar-refractivity contribution in [2.24, 2.45) is 0 Å². The van der Waals surface area contributed by atoms with Crippen LogP contribution in [0.4, 0.5) is 4.79 Å². The second-order valence-corrected chi connectivity index (χ2v) is 5.12. The summed E-state index contributed by atoms with van der Waals surface area (Å²) in [5.41, 5.74) is 1.92. The predicted octanol–water partition coefficient (Wildman–Crippen LogP) is 0.352. The van der Waals surface area contributed by atoms with E-state index in [1.807, 2.05) is 0 Å². The van der Waals surface area contributed by atoms with Gasteiger partial charge in [0.05, 0.1) is 25.3 Å². The molecule has 2 rings (SSSR count). The van der Waals surface area contributed by atoms with E-state index >= 15 is 0 Å². The van der Waals surface area contributed by atoms with E-state index < -0.39 is 0 Å². The number of hydrogen-bond acceptors (Lipinski definition) is 3. The van der Waals surface area contributed by atoms with Crippen LogP contribution in [0.25, 0.3) is 0 Å². The first kappa shape index (κ1) is 13.1. The van der Waals surface area contributed by atoms with Crippen LogP contribution in [-0.2, 0) is 0 Å². The third-order valence-corrected chi connectivity index (χ3v) is 3.63. The van der Waals surface area contributed by atoms with Crippen molar-refractivity contribution in [2.45, 2.75) is 24.9 Å². The molecule has 0 bridgehead atoms. The Balaban J connectivity index is 2.11. The first-order valence-electron chi connectivity index (χ1n) is 6.19. The predicted molar refractivity (Wildman–Crippen MR) is 68.1 cm³/mol. The molecular weight excluding hydrogens is 232 g/mol. The number of hydrogen-bond donors (Lipinski definition) is 2. The summed E-state index contributed by atoms with van der Waals surface area (Å²) in [5.74, 6) is 0. The van der Waals surface area contributed by atoms with Gasteiger partial charge in [-0.15, -0.1) is 0 Å². The summed E-state index contributed by atoms with van der Waals surface area (Å²) in [7, 11) is 0. The number of likely N-dealkylation sites (tertiary alicyclic amines) is 2. The van der Waals surface area contributed by atoms with Crippen molar-refractivity contribution < 1.29 is 15.0 Å². The Bertz CT molecular complexity index is 346. The lowest BCUT2D eigenvalue weighted by Gasteiger charge is -2.31. The van der Waals surface area contributed by atoms with Gasteiger partial charge in [0.25, 0.3) is 0 Å². The SMILES string of the molecule is C=C1C[C@@H](CO)N(C(=O)N2CC(=C)C[C@H]2CO)C1. The fraction of sp³-hybridized carbons (Fsp3) is 0.615. The first-order valence-corrected chi connectivity index (χ1v) is 6.19. The second-order valence-electron chi connectivity index (χ2n) is 5.12. The molecule has 5 nitrogen and oxygen atoms in total. The topological polar surface area (TPSA) is 64.0 Å². The van der Waals surface area contributed by atoms with E-state index in [9.17, 15) is 15.0 Å². The van der Waals surface area contributed by atoms with Gasteiger partial charge in [0, 0.05) is 13.1 Å². The summed E-state index contributed by atoms with van der Waals surface area (Å²) in [4.78, 5) is 15.7. The molecular formula is C13H20N2O3. The zero-order valence-corrected chi connectivity index (χ0v) is 10.5. The lowest BCUT2D eigenvalue weighted by molar-refractivity contribution is 0.108. The van der Waals surface area contributed by atoms with Gasteiger partial charge in [-0.3, -0.25) is 0 Å². The molecule has 2 aliphatic heterocycles. The summed E-state index contributed by atoms with van der Waals surface area (Å²) in [6.45, 7) is 8.63. The van der Waals surface area contributed by atoms with Gasteiger partial charge in [-0.25, -0.2) is 4.79 Å². The number of carbonyl (C=O) groups excluding carboxylic acids is 1. The van der Waals surface area contributed by atoms with Gasteiger partial charge in [0.2, 0.25) is 0 Å². The number of aliphatic hydroxyl groups excluding tert-OH is 2. The molecule has 0 aromatic heterocycles. The highest BCUT2D eigenvalue weighted by Gasteiger charge is 2.38. The van der Waals surface area contributed by atoms with Crippen LogP contribution in [0.5, 0.6) is 0 Å². The van der Waals surface area contributed by atoms with E-state index in [0.717, 1.165) is 11.1 Å². The van der Waals surface area contributed by atoms with E-state index in [1.54, 1.807) is 9.80 Å². The smallest absolute Gasteiger partial charge is 0.321 e. The van der Waals surface area contributed by atoms with Crippen LogP contribution in [0.3, 0.4) is 0 Å². The minimum absolute atomic E-state index is 0.0522. The maximum atomic E-state index is 12.4. The maximum Gasteiger partial charge on any atom is 0.321 e. The number of carbonyl (C=O) groups is 1. The molecule has 2 saturated heterocycles. The highest BCUT2D eigenvalue weighted by molar-refractivity contribution is 5.77. The Kier molecular flexibility index (Phi) is 3.73. The standard InChI is InChI=1S/C13H20N2O3/c1-9-3-11(7-16)14(5-9)13(18)15-6-10(2)4-12(15)8-17/h11-12,16-17H,1-8H2/t11-,12-/m0/s1. The van der Waals surface area contributed by atoms with Crippen molar-refractivity contribution in [3.05, 3.63) is 24.3 Å². The molecule has 0 saturated carbocycles. The normalized spacial score (nSPS) is 28.3. The van der Waals surface area contributed by atoms with Crippen LogP contribution in [0.15, 0.2) is 24.3 Å². The van der Waals surface area contributed by atoms with Crippen LogP contribution >= 0.6 is 0 Å². The largest absolute Gasteiger partial charge is 0.394 e. The minimum Gasteiger partial charge on any atom is -0.394 e. The van der Waals surface area contributed by atoms with Crippen molar-refractivity contribution in [2.75, 3.05) is 26.3 Å². The molecule has 5 heteroatoms.